The molecule has 3 atom stereocenters. The maximum absolute atomic E-state index is 16.2. The number of hydrogen-bond donors (Lipinski definition) is 2. The minimum atomic E-state index is -0.951. The van der Waals surface area contributed by atoms with Gasteiger partial charge in [0.05, 0.1) is 11.1 Å². The van der Waals surface area contributed by atoms with Crippen molar-refractivity contribution >= 4 is 51.7 Å². The third kappa shape index (κ3) is 9.10. The number of aromatic nitrogens is 3. The Bertz CT molecular complexity index is 2970. The van der Waals surface area contributed by atoms with E-state index in [-0.39, 0.29) is 48.5 Å². The molecular weight excluding hydrogens is 915 g/mol. The van der Waals surface area contributed by atoms with E-state index in [2.05, 4.69) is 74.0 Å². The zero-order chi connectivity index (χ0) is 50.7. The van der Waals surface area contributed by atoms with Gasteiger partial charge in [-0.3, -0.25) is 44.1 Å². The van der Waals surface area contributed by atoms with E-state index in [0.717, 1.165) is 90.4 Å². The van der Waals surface area contributed by atoms with Gasteiger partial charge in [0.15, 0.2) is 0 Å². The predicted molar refractivity (Wildman–Crippen MR) is 275 cm³/mol. The van der Waals surface area contributed by atoms with Gasteiger partial charge in [-0.2, -0.15) is 0 Å². The Morgan fingerprint density at radius 2 is 1.74 bits per heavy atom. The first kappa shape index (κ1) is 49.2. The van der Waals surface area contributed by atoms with Gasteiger partial charge in [-0.15, -0.1) is 0 Å². The smallest absolute Gasteiger partial charge is 0.253 e. The van der Waals surface area contributed by atoms with Crippen LogP contribution in [0.25, 0.3) is 27.7 Å². The van der Waals surface area contributed by atoms with E-state index >= 15 is 8.78 Å². The van der Waals surface area contributed by atoms with Crippen molar-refractivity contribution in [3.63, 3.8) is 0 Å². The lowest BCUT2D eigenvalue weighted by Crippen LogP contribution is -2.55. The van der Waals surface area contributed by atoms with E-state index in [1.54, 1.807) is 19.9 Å². The number of imide groups is 1. The molecular formula is C56H66F2N10O4. The summed E-state index contributed by atoms with van der Waals surface area (Å²) in [6, 6.07) is 14.3. The summed E-state index contributed by atoms with van der Waals surface area (Å²) in [5.74, 6) is -0.845. The van der Waals surface area contributed by atoms with Crippen LogP contribution in [0.5, 0.6) is 0 Å². The van der Waals surface area contributed by atoms with E-state index < -0.39 is 23.2 Å². The summed E-state index contributed by atoms with van der Waals surface area (Å²) in [5, 5.41) is 6.48. The van der Waals surface area contributed by atoms with Crippen LogP contribution >= 0.6 is 0 Å². The molecule has 72 heavy (non-hydrogen) atoms. The van der Waals surface area contributed by atoms with Gasteiger partial charge in [-0.1, -0.05) is 6.08 Å². The first-order valence-corrected chi connectivity index (χ1v) is 25.6. The number of pyridine rings is 2. The van der Waals surface area contributed by atoms with Gasteiger partial charge >= 0.3 is 0 Å². The largest absolute Gasteiger partial charge is 0.373 e. The number of fused-ring (bicyclic) bond motifs is 2. The Morgan fingerprint density at radius 3 is 2.42 bits per heavy atom. The average molecular weight is 981 g/mol. The topological polar surface area (TPSA) is 139 Å². The van der Waals surface area contributed by atoms with Gasteiger partial charge in [0, 0.05) is 137 Å². The number of rotatable bonds is 11. The van der Waals surface area contributed by atoms with Crippen LogP contribution in [0.1, 0.15) is 104 Å². The Kier molecular flexibility index (Phi) is 13.4. The number of anilines is 2. The molecule has 14 nitrogen and oxygen atoms in total. The second-order valence-corrected chi connectivity index (χ2v) is 21.2. The van der Waals surface area contributed by atoms with Crippen molar-refractivity contribution in [3.8, 4) is 11.1 Å². The van der Waals surface area contributed by atoms with Crippen molar-refractivity contribution in [1.29, 1.82) is 0 Å². The molecule has 378 valence electrons. The van der Waals surface area contributed by atoms with Gasteiger partial charge in [-0.05, 0) is 137 Å². The molecule has 16 heteroatoms. The van der Waals surface area contributed by atoms with Gasteiger partial charge in [0.25, 0.3) is 5.91 Å². The molecule has 5 aliphatic heterocycles. The number of amides is 4. The normalized spacial score (nSPS) is 21.8. The Hall–Kier alpha value is -6.36. The highest BCUT2D eigenvalue weighted by molar-refractivity contribution is 6.13. The standard InChI is InChI=1S/C56H66F2N10O4/c1-33-24-39(26-45(58)51(33)37-15-20-65(21-16-37)35(3)47-27-42-41(12-17-60-52(42)63(47)7)38-8-10-49(59-6)61-29-38)54(71)66-18-13-36(14-19-66)31-67-23-22-64(30-34(67)2)32-40-25-43-48(28-44(40)57)68(55(72)56(43,4)5)46-9-11-50(69)62-53(46)70/h8,10,12,15,17,24-29,34-36,46H,9,11,13-14,16,18-23,30-32H2,1-7H3,(H,59,61)(H,62,69,70)/t34-,35-,46?/m0/s1. The molecule has 5 aliphatic rings. The number of carbonyl (C=O) groups excluding carboxylic acids is 4. The second-order valence-electron chi connectivity index (χ2n) is 21.2. The highest BCUT2D eigenvalue weighted by Crippen LogP contribution is 2.45. The number of piperazine rings is 1. The lowest BCUT2D eigenvalue weighted by molar-refractivity contribution is -0.136. The first-order chi connectivity index (χ1) is 34.5. The number of nitrogens with one attached hydrogen (secondary N) is 2. The Labute approximate surface area is 420 Å². The molecule has 0 aliphatic carbocycles. The highest BCUT2D eigenvalue weighted by atomic mass is 19.1. The zero-order valence-corrected chi connectivity index (χ0v) is 42.5. The maximum Gasteiger partial charge on any atom is 0.253 e. The Morgan fingerprint density at radius 1 is 0.944 bits per heavy atom. The number of nitrogens with zero attached hydrogens (tertiary/aromatic N) is 8. The van der Waals surface area contributed by atoms with E-state index in [9.17, 15) is 19.2 Å². The fourth-order valence-corrected chi connectivity index (χ4v) is 12.1. The van der Waals surface area contributed by atoms with E-state index in [1.807, 2.05) is 49.5 Å². The van der Waals surface area contributed by atoms with E-state index in [4.69, 9.17) is 4.98 Å². The van der Waals surface area contributed by atoms with Crippen molar-refractivity contribution in [2.24, 2.45) is 13.0 Å². The van der Waals surface area contributed by atoms with Crippen LogP contribution in [0.3, 0.4) is 0 Å². The monoisotopic (exact) mass is 981 g/mol. The molecule has 8 heterocycles. The maximum atomic E-state index is 16.2. The van der Waals surface area contributed by atoms with Crippen molar-refractivity contribution in [1.82, 2.24) is 39.5 Å². The molecule has 0 spiro atoms. The van der Waals surface area contributed by atoms with Gasteiger partial charge in [0.2, 0.25) is 17.7 Å². The van der Waals surface area contributed by atoms with Crippen molar-refractivity contribution in [2.75, 3.05) is 69.6 Å². The van der Waals surface area contributed by atoms with Crippen LogP contribution < -0.4 is 15.5 Å². The summed E-state index contributed by atoms with van der Waals surface area (Å²) in [7, 11) is 3.92. The summed E-state index contributed by atoms with van der Waals surface area (Å²) >= 11 is 0. The van der Waals surface area contributed by atoms with Crippen LogP contribution in [0.15, 0.2) is 67.0 Å². The molecule has 0 saturated carbocycles. The van der Waals surface area contributed by atoms with Crippen LogP contribution in [0.2, 0.25) is 0 Å². The minimum Gasteiger partial charge on any atom is -0.373 e. The molecule has 0 bridgehead atoms. The number of aryl methyl sites for hydroxylation is 2. The number of halogens is 2. The number of hydrogen-bond acceptors (Lipinski definition) is 10. The minimum absolute atomic E-state index is 0.0937. The molecule has 3 fully saturated rings. The molecule has 10 rings (SSSR count). The summed E-state index contributed by atoms with van der Waals surface area (Å²) in [6.07, 6.45) is 8.62. The van der Waals surface area contributed by atoms with E-state index in [0.29, 0.717) is 66.5 Å². The molecule has 2 N–H and O–H groups in total. The number of carbonyl (C=O) groups is 4. The molecule has 5 aromatic rings. The number of piperidine rings is 2. The molecule has 0 radical (unpaired) electrons. The number of benzene rings is 2. The van der Waals surface area contributed by atoms with Gasteiger partial charge in [-0.25, -0.2) is 18.7 Å². The molecule has 3 aromatic heterocycles. The fourth-order valence-electron chi connectivity index (χ4n) is 12.1. The van der Waals surface area contributed by atoms with Gasteiger partial charge < -0.3 is 14.8 Å². The van der Waals surface area contributed by atoms with Crippen LogP contribution in [0.4, 0.5) is 20.3 Å². The average Bonchev–Trinajstić information content (AvgIpc) is 3.80. The van der Waals surface area contributed by atoms with Crippen LogP contribution in [-0.4, -0.2) is 129 Å². The zero-order valence-electron chi connectivity index (χ0n) is 42.5. The SMILES string of the molecule is CNc1ccc(-c2ccnc3c2cc([C@H](C)N2CC=C(c4c(C)cc(C(=O)N5CCC(CN6CCN(Cc7cc8c(cc7F)N(C7CCC(=O)NC7=O)C(=O)C8(C)C)C[C@@H]6C)CC5)cc4F)CC2)n3C)cn1. The van der Waals surface area contributed by atoms with Gasteiger partial charge in [0.1, 0.15) is 29.1 Å². The lowest BCUT2D eigenvalue weighted by atomic mass is 9.85. The second kappa shape index (κ2) is 19.6. The molecule has 2 aromatic carbocycles. The lowest BCUT2D eigenvalue weighted by Gasteiger charge is -2.42. The quantitative estimate of drug-likeness (QED) is 0.127. The first-order valence-electron chi connectivity index (χ1n) is 25.6. The number of likely N-dealkylation sites (tertiary alicyclic amines) is 1. The molecule has 4 amide bonds. The van der Waals surface area contributed by atoms with Crippen molar-refractivity contribution in [3.05, 3.63) is 112 Å². The van der Waals surface area contributed by atoms with Crippen molar-refractivity contribution < 1.29 is 28.0 Å². The Balaban J connectivity index is 0.718. The molecule has 1 unspecified atom stereocenters. The third-order valence-corrected chi connectivity index (χ3v) is 16.4. The summed E-state index contributed by atoms with van der Waals surface area (Å²) in [5.41, 5.74) is 7.57. The van der Waals surface area contributed by atoms with E-state index in [1.165, 1.54) is 17.0 Å². The van der Waals surface area contributed by atoms with Crippen LogP contribution in [-0.2, 0) is 33.4 Å². The third-order valence-electron chi connectivity index (χ3n) is 16.4. The van der Waals surface area contributed by atoms with Crippen molar-refractivity contribution in [2.45, 2.75) is 96.8 Å². The molecule has 3 saturated heterocycles. The summed E-state index contributed by atoms with van der Waals surface area (Å²) < 4.78 is 34.2. The fraction of sp³-hybridized carbons (Fsp3) is 0.464. The van der Waals surface area contributed by atoms with Crippen LogP contribution in [0, 0.1) is 24.5 Å². The predicted octanol–water partition coefficient (Wildman–Crippen LogP) is 7.60. The highest BCUT2D eigenvalue weighted by Gasteiger charge is 2.49. The summed E-state index contributed by atoms with van der Waals surface area (Å²) in [4.78, 5) is 71.8. The summed E-state index contributed by atoms with van der Waals surface area (Å²) in [6.45, 7) is 16.2.